The molecule has 3 rings (SSSR count). The number of piperidine rings is 1. The minimum atomic E-state index is -0.577. The van der Waals surface area contributed by atoms with Crippen LogP contribution in [0.5, 0.6) is 5.75 Å². The van der Waals surface area contributed by atoms with Crippen LogP contribution in [0.2, 0.25) is 0 Å². The monoisotopic (exact) mass is 303 g/mol. The number of ether oxygens (including phenoxy) is 1. The second-order valence-electron chi connectivity index (χ2n) is 5.89. The van der Waals surface area contributed by atoms with E-state index in [1.54, 1.807) is 17.9 Å². The second-order valence-corrected chi connectivity index (χ2v) is 5.89. The fraction of sp³-hybridized carbons (Fsp3) is 0.500. The number of nitrogens with two attached hydrogens (primary N) is 1. The van der Waals surface area contributed by atoms with Gasteiger partial charge >= 0.3 is 0 Å². The van der Waals surface area contributed by atoms with Crippen molar-refractivity contribution in [1.29, 1.82) is 0 Å². The summed E-state index contributed by atoms with van der Waals surface area (Å²) < 4.78 is 5.58. The van der Waals surface area contributed by atoms with Crippen LogP contribution in [0.3, 0.4) is 0 Å². The lowest BCUT2D eigenvalue weighted by atomic mass is 10.1. The maximum atomic E-state index is 12.5. The van der Waals surface area contributed by atoms with E-state index in [9.17, 15) is 9.59 Å². The molecule has 2 aliphatic rings. The molecule has 1 aromatic carbocycles. The normalized spacial score (nSPS) is 24.7. The number of carbonyl (C=O) groups is 2. The Kier molecular flexibility index (Phi) is 4.02. The van der Waals surface area contributed by atoms with Crippen LogP contribution in [-0.2, 0) is 9.59 Å². The highest BCUT2D eigenvalue weighted by atomic mass is 16.5. The summed E-state index contributed by atoms with van der Waals surface area (Å²) in [5.74, 6) is 0.388. The van der Waals surface area contributed by atoms with Gasteiger partial charge in [-0.15, -0.1) is 0 Å². The number of carbonyl (C=O) groups excluding carboxylic acids is 2. The molecule has 2 aliphatic heterocycles. The van der Waals surface area contributed by atoms with Crippen molar-refractivity contribution < 1.29 is 14.3 Å². The van der Waals surface area contributed by atoms with E-state index < -0.39 is 6.10 Å². The number of para-hydroxylation sites is 2. The third-order valence-electron chi connectivity index (χ3n) is 4.18. The summed E-state index contributed by atoms with van der Waals surface area (Å²) in [6, 6.07) is 7.33. The van der Waals surface area contributed by atoms with Gasteiger partial charge in [0, 0.05) is 19.1 Å². The molecule has 0 spiro atoms. The first-order valence-electron chi connectivity index (χ1n) is 7.66. The standard InChI is InChI=1S/C16H21N3O3/c1-11-16(21)19(13-6-2-3-7-14(13)22-11)10-15(20)18-8-4-5-12(17)9-18/h2-3,6-7,11-12H,4-5,8-10,17H2,1H3. The van der Waals surface area contributed by atoms with Gasteiger partial charge in [0.1, 0.15) is 12.3 Å². The van der Waals surface area contributed by atoms with Crippen molar-refractivity contribution in [3.63, 3.8) is 0 Å². The lowest BCUT2D eigenvalue weighted by Crippen LogP contribution is -2.52. The Labute approximate surface area is 129 Å². The number of anilines is 1. The highest BCUT2D eigenvalue weighted by molar-refractivity contribution is 6.03. The van der Waals surface area contributed by atoms with Gasteiger partial charge in [0.25, 0.3) is 5.91 Å². The largest absolute Gasteiger partial charge is 0.479 e. The predicted octanol–water partition coefficient (Wildman–Crippen LogP) is 0.750. The summed E-state index contributed by atoms with van der Waals surface area (Å²) in [7, 11) is 0. The van der Waals surface area contributed by atoms with Gasteiger partial charge in [0.15, 0.2) is 6.10 Å². The molecule has 1 aromatic rings. The zero-order valence-corrected chi connectivity index (χ0v) is 12.7. The van der Waals surface area contributed by atoms with E-state index in [4.69, 9.17) is 10.5 Å². The third kappa shape index (κ3) is 2.78. The molecule has 2 N–H and O–H groups in total. The summed E-state index contributed by atoms with van der Waals surface area (Å²) in [4.78, 5) is 28.2. The van der Waals surface area contributed by atoms with Crippen LogP contribution >= 0.6 is 0 Å². The van der Waals surface area contributed by atoms with Gasteiger partial charge in [-0.2, -0.15) is 0 Å². The minimum Gasteiger partial charge on any atom is -0.479 e. The maximum absolute atomic E-state index is 12.5. The molecule has 2 atom stereocenters. The van der Waals surface area contributed by atoms with Gasteiger partial charge < -0.3 is 15.4 Å². The zero-order valence-electron chi connectivity index (χ0n) is 12.7. The van der Waals surface area contributed by atoms with E-state index in [0.717, 1.165) is 12.8 Å². The van der Waals surface area contributed by atoms with E-state index in [2.05, 4.69) is 0 Å². The molecule has 2 heterocycles. The van der Waals surface area contributed by atoms with E-state index in [0.29, 0.717) is 24.5 Å². The first kappa shape index (κ1) is 14.8. The molecule has 0 saturated carbocycles. The summed E-state index contributed by atoms with van der Waals surface area (Å²) in [6.45, 7) is 3.01. The number of amides is 2. The number of fused-ring (bicyclic) bond motifs is 1. The number of nitrogens with zero attached hydrogens (tertiary/aromatic N) is 2. The molecule has 0 bridgehead atoms. The van der Waals surface area contributed by atoms with Crippen molar-refractivity contribution in [2.75, 3.05) is 24.5 Å². The molecule has 0 radical (unpaired) electrons. The second kappa shape index (κ2) is 5.96. The van der Waals surface area contributed by atoms with Crippen molar-refractivity contribution in [3.05, 3.63) is 24.3 Å². The SMILES string of the molecule is CC1Oc2ccccc2N(CC(=O)N2CCCC(N)C2)C1=O. The first-order valence-corrected chi connectivity index (χ1v) is 7.66. The van der Waals surface area contributed by atoms with Gasteiger partial charge in [-0.25, -0.2) is 0 Å². The number of rotatable bonds is 2. The highest BCUT2D eigenvalue weighted by Gasteiger charge is 2.34. The molecule has 0 aliphatic carbocycles. The first-order chi connectivity index (χ1) is 10.6. The van der Waals surface area contributed by atoms with E-state index in [1.807, 2.05) is 18.2 Å². The van der Waals surface area contributed by atoms with Crippen molar-refractivity contribution >= 4 is 17.5 Å². The topological polar surface area (TPSA) is 75.9 Å². The third-order valence-corrected chi connectivity index (χ3v) is 4.18. The average molecular weight is 303 g/mol. The average Bonchev–Trinajstić information content (AvgIpc) is 2.51. The maximum Gasteiger partial charge on any atom is 0.268 e. The fourth-order valence-corrected chi connectivity index (χ4v) is 2.99. The van der Waals surface area contributed by atoms with Crippen LogP contribution in [0.15, 0.2) is 24.3 Å². The van der Waals surface area contributed by atoms with Crippen LogP contribution in [-0.4, -0.2) is 48.5 Å². The molecular formula is C16H21N3O3. The van der Waals surface area contributed by atoms with Gasteiger partial charge in [0.2, 0.25) is 5.91 Å². The highest BCUT2D eigenvalue weighted by Crippen LogP contribution is 2.33. The Bertz CT molecular complexity index is 590. The summed E-state index contributed by atoms with van der Waals surface area (Å²) in [6.07, 6.45) is 1.28. The Balaban J connectivity index is 1.78. The van der Waals surface area contributed by atoms with Gasteiger partial charge in [0.05, 0.1) is 5.69 Å². The molecule has 118 valence electrons. The number of hydrogen-bond donors (Lipinski definition) is 1. The summed E-state index contributed by atoms with van der Waals surface area (Å²) in [5, 5.41) is 0. The van der Waals surface area contributed by atoms with Gasteiger partial charge in [-0.1, -0.05) is 12.1 Å². The molecule has 2 amide bonds. The van der Waals surface area contributed by atoms with Crippen LogP contribution in [0.1, 0.15) is 19.8 Å². The quantitative estimate of drug-likeness (QED) is 0.875. The number of hydrogen-bond acceptors (Lipinski definition) is 4. The van der Waals surface area contributed by atoms with Crippen LogP contribution in [0.4, 0.5) is 5.69 Å². The Morgan fingerprint density at radius 3 is 2.95 bits per heavy atom. The van der Waals surface area contributed by atoms with Crippen LogP contribution in [0, 0.1) is 0 Å². The van der Waals surface area contributed by atoms with E-state index >= 15 is 0 Å². The van der Waals surface area contributed by atoms with E-state index in [-0.39, 0.29) is 24.4 Å². The van der Waals surface area contributed by atoms with Gasteiger partial charge in [-0.3, -0.25) is 14.5 Å². The number of likely N-dealkylation sites (tertiary alicyclic amines) is 1. The summed E-state index contributed by atoms with van der Waals surface area (Å²) >= 11 is 0. The van der Waals surface area contributed by atoms with E-state index in [1.165, 1.54) is 4.90 Å². The molecule has 0 aromatic heterocycles. The Morgan fingerprint density at radius 2 is 2.18 bits per heavy atom. The van der Waals surface area contributed by atoms with Gasteiger partial charge in [-0.05, 0) is 31.9 Å². The number of benzene rings is 1. The fourth-order valence-electron chi connectivity index (χ4n) is 2.99. The Morgan fingerprint density at radius 1 is 1.41 bits per heavy atom. The molecule has 22 heavy (non-hydrogen) atoms. The molecule has 1 saturated heterocycles. The Hall–Kier alpha value is -2.08. The smallest absolute Gasteiger partial charge is 0.268 e. The molecule has 6 heteroatoms. The van der Waals surface area contributed by atoms with Crippen molar-refractivity contribution in [1.82, 2.24) is 4.90 Å². The molecule has 2 unspecified atom stereocenters. The van der Waals surface area contributed by atoms with Crippen molar-refractivity contribution in [2.45, 2.75) is 31.9 Å². The van der Waals surface area contributed by atoms with Crippen LogP contribution in [0.25, 0.3) is 0 Å². The lowest BCUT2D eigenvalue weighted by molar-refractivity contribution is -0.134. The van der Waals surface area contributed by atoms with Crippen LogP contribution < -0.4 is 15.4 Å². The summed E-state index contributed by atoms with van der Waals surface area (Å²) in [5.41, 5.74) is 6.58. The van der Waals surface area contributed by atoms with Crippen molar-refractivity contribution in [3.8, 4) is 5.75 Å². The molecular weight excluding hydrogens is 282 g/mol. The lowest BCUT2D eigenvalue weighted by Gasteiger charge is -2.36. The molecule has 6 nitrogen and oxygen atoms in total. The van der Waals surface area contributed by atoms with Crippen molar-refractivity contribution in [2.24, 2.45) is 5.73 Å². The molecule has 1 fully saturated rings. The predicted molar refractivity (Wildman–Crippen MR) is 82.7 cm³/mol. The minimum absolute atomic E-state index is 0.0318. The zero-order chi connectivity index (χ0) is 15.7.